The number of alkyl halides is 3. The van der Waals surface area contributed by atoms with Crippen molar-refractivity contribution >= 4 is 0 Å². The zero-order chi connectivity index (χ0) is 10.8. The van der Waals surface area contributed by atoms with Crippen LogP contribution in [0.3, 0.4) is 0 Å². The van der Waals surface area contributed by atoms with Crippen LogP contribution >= 0.6 is 0 Å². The predicted molar refractivity (Wildman–Crippen MR) is 46.9 cm³/mol. The molecular weight excluding hydrogens is 193 g/mol. The van der Waals surface area contributed by atoms with E-state index in [1.807, 2.05) is 0 Å². The van der Waals surface area contributed by atoms with Gasteiger partial charge in [-0.25, -0.2) is 0 Å². The van der Waals surface area contributed by atoms with Crippen molar-refractivity contribution in [3.8, 4) is 0 Å². The van der Waals surface area contributed by atoms with Crippen molar-refractivity contribution in [3.05, 3.63) is 34.9 Å². The summed E-state index contributed by atoms with van der Waals surface area (Å²) in [6.45, 7) is 1.42. The molecule has 1 aromatic rings. The van der Waals surface area contributed by atoms with Gasteiger partial charge in [0.2, 0.25) is 0 Å². The van der Waals surface area contributed by atoms with Crippen molar-refractivity contribution in [1.82, 2.24) is 0 Å². The maximum Gasteiger partial charge on any atom is 0.393 e. The lowest BCUT2D eigenvalue weighted by Crippen LogP contribution is -2.13. The van der Waals surface area contributed by atoms with Crippen LogP contribution < -0.4 is 0 Å². The Morgan fingerprint density at radius 3 is 2.36 bits per heavy atom. The fraction of sp³-hybridized carbons (Fsp3) is 0.400. The molecule has 78 valence electrons. The van der Waals surface area contributed by atoms with Crippen molar-refractivity contribution in [2.75, 3.05) is 0 Å². The van der Waals surface area contributed by atoms with E-state index in [0.29, 0.717) is 5.56 Å². The van der Waals surface area contributed by atoms with Crippen LogP contribution in [0.2, 0.25) is 0 Å². The van der Waals surface area contributed by atoms with Crippen LogP contribution in [-0.4, -0.2) is 11.3 Å². The van der Waals surface area contributed by atoms with Crippen LogP contribution in [0.1, 0.15) is 16.7 Å². The number of hydrogen-bond donors (Lipinski definition) is 1. The van der Waals surface area contributed by atoms with Crippen LogP contribution in [0, 0.1) is 6.92 Å². The van der Waals surface area contributed by atoms with E-state index in [0.717, 1.165) is 5.56 Å². The van der Waals surface area contributed by atoms with Crippen LogP contribution in [0.5, 0.6) is 0 Å². The van der Waals surface area contributed by atoms with E-state index in [9.17, 15) is 13.2 Å². The molecule has 1 N–H and O–H groups in total. The minimum Gasteiger partial charge on any atom is -0.392 e. The van der Waals surface area contributed by atoms with Gasteiger partial charge in [0.1, 0.15) is 0 Å². The fourth-order valence-electron chi connectivity index (χ4n) is 1.29. The Bertz CT molecular complexity index is 318. The van der Waals surface area contributed by atoms with Crippen molar-refractivity contribution in [1.29, 1.82) is 0 Å². The number of rotatable bonds is 2. The average molecular weight is 204 g/mol. The van der Waals surface area contributed by atoms with E-state index in [-0.39, 0.29) is 12.2 Å². The van der Waals surface area contributed by atoms with Gasteiger partial charge in [-0.1, -0.05) is 23.8 Å². The first-order valence-electron chi connectivity index (χ1n) is 4.18. The van der Waals surface area contributed by atoms with E-state index in [1.165, 1.54) is 6.07 Å². The highest BCUT2D eigenvalue weighted by Gasteiger charge is 2.28. The summed E-state index contributed by atoms with van der Waals surface area (Å²) in [6.07, 6.45) is -5.21. The second kappa shape index (κ2) is 4.00. The molecule has 0 aliphatic carbocycles. The topological polar surface area (TPSA) is 20.2 Å². The number of aliphatic hydroxyl groups is 1. The molecule has 0 saturated carbocycles. The van der Waals surface area contributed by atoms with Gasteiger partial charge in [-0.15, -0.1) is 0 Å². The van der Waals surface area contributed by atoms with Gasteiger partial charge in [-0.05, 0) is 18.1 Å². The summed E-state index contributed by atoms with van der Waals surface area (Å²) in [5.74, 6) is 0. The maximum atomic E-state index is 12.1. The van der Waals surface area contributed by atoms with E-state index >= 15 is 0 Å². The number of benzene rings is 1. The van der Waals surface area contributed by atoms with Gasteiger partial charge in [-0.2, -0.15) is 13.2 Å². The van der Waals surface area contributed by atoms with Gasteiger partial charge in [0, 0.05) is 0 Å². The maximum absolute atomic E-state index is 12.1. The predicted octanol–water partition coefficient (Wildman–Crippen LogP) is 2.59. The molecule has 14 heavy (non-hydrogen) atoms. The van der Waals surface area contributed by atoms with Crippen molar-refractivity contribution < 1.29 is 18.3 Å². The van der Waals surface area contributed by atoms with Crippen molar-refractivity contribution in [2.45, 2.75) is 26.1 Å². The summed E-state index contributed by atoms with van der Waals surface area (Å²) in [5.41, 5.74) is 1.34. The lowest BCUT2D eigenvalue weighted by Gasteiger charge is -2.10. The van der Waals surface area contributed by atoms with Crippen molar-refractivity contribution in [3.63, 3.8) is 0 Å². The molecule has 4 heteroatoms. The van der Waals surface area contributed by atoms with Gasteiger partial charge < -0.3 is 5.11 Å². The summed E-state index contributed by atoms with van der Waals surface area (Å²) in [5, 5.41) is 8.87. The van der Waals surface area contributed by atoms with Gasteiger partial charge in [0.05, 0.1) is 13.0 Å². The quantitative estimate of drug-likeness (QED) is 0.785. The molecule has 0 amide bonds. The summed E-state index contributed by atoms with van der Waals surface area (Å²) < 4.78 is 36.2. The molecular formula is C10H11F3O. The molecule has 0 saturated heterocycles. The zero-order valence-corrected chi connectivity index (χ0v) is 7.73. The molecule has 0 spiro atoms. The Morgan fingerprint density at radius 1 is 1.21 bits per heavy atom. The van der Waals surface area contributed by atoms with Crippen LogP contribution in [-0.2, 0) is 13.0 Å². The molecule has 0 aliphatic rings. The van der Waals surface area contributed by atoms with E-state index in [2.05, 4.69) is 0 Å². The Kier molecular flexibility index (Phi) is 3.16. The normalized spacial score (nSPS) is 11.8. The number of aryl methyl sites for hydroxylation is 1. The second-order valence-electron chi connectivity index (χ2n) is 3.22. The van der Waals surface area contributed by atoms with Crippen molar-refractivity contribution in [2.24, 2.45) is 0 Å². The Morgan fingerprint density at radius 2 is 1.86 bits per heavy atom. The van der Waals surface area contributed by atoms with E-state index in [4.69, 9.17) is 5.11 Å². The molecule has 0 atom stereocenters. The monoisotopic (exact) mass is 204 g/mol. The highest BCUT2D eigenvalue weighted by Crippen LogP contribution is 2.24. The molecule has 1 aromatic carbocycles. The smallest absolute Gasteiger partial charge is 0.392 e. The zero-order valence-electron chi connectivity index (χ0n) is 7.73. The third-order valence-corrected chi connectivity index (χ3v) is 1.92. The molecule has 0 unspecified atom stereocenters. The van der Waals surface area contributed by atoms with Gasteiger partial charge >= 0.3 is 6.18 Å². The molecule has 0 fully saturated rings. The lowest BCUT2D eigenvalue weighted by molar-refractivity contribution is -0.127. The highest BCUT2D eigenvalue weighted by molar-refractivity contribution is 5.31. The first kappa shape index (κ1) is 11.0. The summed E-state index contributed by atoms with van der Waals surface area (Å²) >= 11 is 0. The Balaban J connectivity index is 2.97. The first-order valence-corrected chi connectivity index (χ1v) is 4.18. The van der Waals surface area contributed by atoms with Crippen LogP contribution in [0.25, 0.3) is 0 Å². The number of aliphatic hydroxyl groups excluding tert-OH is 1. The summed E-state index contributed by atoms with van der Waals surface area (Å²) in [7, 11) is 0. The Labute approximate surface area is 80.2 Å². The third kappa shape index (κ3) is 3.03. The van der Waals surface area contributed by atoms with Crippen LogP contribution in [0.4, 0.5) is 13.2 Å². The van der Waals surface area contributed by atoms with E-state index in [1.54, 1.807) is 19.1 Å². The SMILES string of the molecule is Cc1ccc(CC(F)(F)F)c(CO)c1. The standard InChI is InChI=1S/C10H11F3O/c1-7-2-3-8(5-10(11,12)13)9(4-7)6-14/h2-4,14H,5-6H2,1H3. The molecule has 1 nitrogen and oxygen atoms in total. The van der Waals surface area contributed by atoms with Crippen LogP contribution in [0.15, 0.2) is 18.2 Å². The minimum atomic E-state index is -4.22. The molecule has 0 bridgehead atoms. The summed E-state index contributed by atoms with van der Waals surface area (Å²) in [6, 6.07) is 4.59. The van der Waals surface area contributed by atoms with Gasteiger partial charge in [0.25, 0.3) is 0 Å². The van der Waals surface area contributed by atoms with E-state index < -0.39 is 12.6 Å². The molecule has 1 rings (SSSR count). The molecule has 0 radical (unpaired) electrons. The second-order valence-corrected chi connectivity index (χ2v) is 3.22. The number of hydrogen-bond acceptors (Lipinski definition) is 1. The van der Waals surface area contributed by atoms with Gasteiger partial charge in [0.15, 0.2) is 0 Å². The third-order valence-electron chi connectivity index (χ3n) is 1.92. The Hall–Kier alpha value is -1.03. The average Bonchev–Trinajstić information content (AvgIpc) is 2.06. The largest absolute Gasteiger partial charge is 0.393 e. The van der Waals surface area contributed by atoms with Gasteiger partial charge in [-0.3, -0.25) is 0 Å². The number of halogens is 3. The summed E-state index contributed by atoms with van der Waals surface area (Å²) in [4.78, 5) is 0. The minimum absolute atomic E-state index is 0.144. The fourth-order valence-corrected chi connectivity index (χ4v) is 1.29. The first-order chi connectivity index (χ1) is 6.42. The molecule has 0 aliphatic heterocycles. The molecule has 0 aromatic heterocycles. The molecule has 0 heterocycles. The lowest BCUT2D eigenvalue weighted by atomic mass is 10.0. The highest BCUT2D eigenvalue weighted by atomic mass is 19.4.